The van der Waals surface area contributed by atoms with Crippen LogP contribution >= 0.6 is 23.2 Å². The van der Waals surface area contributed by atoms with Gasteiger partial charge in [0.1, 0.15) is 0 Å². The van der Waals surface area contributed by atoms with Crippen LogP contribution in [-0.4, -0.2) is 22.2 Å². The maximum absolute atomic E-state index is 13.2. The van der Waals surface area contributed by atoms with Crippen molar-refractivity contribution >= 4 is 45.7 Å². The molecule has 3 aromatic rings. The lowest BCUT2D eigenvalue weighted by molar-refractivity contribution is -0.118. The average Bonchev–Trinajstić information content (AvgIpc) is 3.44. The van der Waals surface area contributed by atoms with Crippen LogP contribution in [0.15, 0.2) is 42.5 Å². The summed E-state index contributed by atoms with van der Waals surface area (Å²) in [5.74, 6) is -0.0130. The van der Waals surface area contributed by atoms with Crippen molar-refractivity contribution in [2.24, 2.45) is 0 Å². The molecule has 1 aliphatic carbocycles. The van der Waals surface area contributed by atoms with Crippen LogP contribution in [0.5, 0.6) is 0 Å². The smallest absolute Gasteiger partial charge is 0.235 e. The molecule has 4 rings (SSSR count). The number of hydrogen-bond donors (Lipinski definition) is 2. The molecular formula is C25H28Cl2N2O2. The Morgan fingerprint density at radius 3 is 2.45 bits per heavy atom. The van der Waals surface area contributed by atoms with Gasteiger partial charge in [0.2, 0.25) is 5.91 Å². The predicted molar refractivity (Wildman–Crippen MR) is 128 cm³/mol. The number of aliphatic hydroxyl groups excluding tert-OH is 1. The first-order chi connectivity index (χ1) is 14.7. The van der Waals surface area contributed by atoms with Crippen LogP contribution < -0.4 is 5.32 Å². The minimum Gasteiger partial charge on any atom is -0.396 e. The lowest BCUT2D eigenvalue weighted by Gasteiger charge is -2.22. The van der Waals surface area contributed by atoms with Crippen LogP contribution in [0, 0.1) is 0 Å². The lowest BCUT2D eigenvalue weighted by Crippen LogP contribution is -2.27. The summed E-state index contributed by atoms with van der Waals surface area (Å²) in [5, 5.41) is 14.5. The normalized spacial score (nSPS) is 15.3. The number of aliphatic hydroxyl groups is 1. The summed E-state index contributed by atoms with van der Waals surface area (Å²) in [6.45, 7) is 7.49. The first-order valence-electron chi connectivity index (χ1n) is 10.7. The molecule has 0 unspecified atom stereocenters. The number of carbonyl (C=O) groups excluding carboxylic acids is 1. The van der Waals surface area contributed by atoms with E-state index in [1.165, 1.54) is 5.69 Å². The Kier molecular flexibility index (Phi) is 5.84. The third-order valence-corrected chi connectivity index (χ3v) is 6.86. The monoisotopic (exact) mass is 458 g/mol. The molecule has 0 atom stereocenters. The number of aromatic nitrogens is 1. The molecule has 1 aromatic heterocycles. The maximum atomic E-state index is 13.2. The Hall–Kier alpha value is -2.01. The molecule has 31 heavy (non-hydrogen) atoms. The highest BCUT2D eigenvalue weighted by atomic mass is 35.5. The number of anilines is 1. The van der Waals surface area contributed by atoms with Gasteiger partial charge in [-0.05, 0) is 61.2 Å². The summed E-state index contributed by atoms with van der Waals surface area (Å²) in [6.07, 6.45) is 2.30. The van der Waals surface area contributed by atoms with Crippen LogP contribution in [0.2, 0.25) is 10.0 Å². The standard InChI is InChI=1S/C25H28Cl2N2O2/c1-24(2,3)22-14-16-13-18(6-8-21(16)29(22)11-4-12-30)28-23(31)25(9-10-25)17-5-7-19(26)20(27)15-17/h5-8,13-15,30H,4,9-12H2,1-3H3,(H,28,31). The molecule has 1 heterocycles. The van der Waals surface area contributed by atoms with Crippen LogP contribution in [0.4, 0.5) is 5.69 Å². The van der Waals surface area contributed by atoms with Crippen LogP contribution in [0.3, 0.4) is 0 Å². The van der Waals surface area contributed by atoms with Crippen molar-refractivity contribution in [3.05, 3.63) is 63.8 Å². The Balaban J connectivity index is 1.63. The summed E-state index contributed by atoms with van der Waals surface area (Å²) in [7, 11) is 0. The van der Waals surface area contributed by atoms with E-state index in [9.17, 15) is 9.90 Å². The second-order valence-corrected chi connectivity index (χ2v) is 10.3. The largest absolute Gasteiger partial charge is 0.396 e. The number of benzene rings is 2. The van der Waals surface area contributed by atoms with E-state index >= 15 is 0 Å². The number of amides is 1. The molecule has 4 nitrogen and oxygen atoms in total. The molecule has 1 aliphatic rings. The minimum absolute atomic E-state index is 0.0130. The quantitative estimate of drug-likeness (QED) is 0.455. The molecular weight excluding hydrogens is 431 g/mol. The molecule has 0 spiro atoms. The van der Waals surface area contributed by atoms with Crippen molar-refractivity contribution < 1.29 is 9.90 Å². The Bertz CT molecular complexity index is 1140. The Labute approximate surface area is 193 Å². The zero-order valence-corrected chi connectivity index (χ0v) is 19.6. The van der Waals surface area contributed by atoms with Crippen molar-refractivity contribution in [3.63, 3.8) is 0 Å². The van der Waals surface area contributed by atoms with E-state index in [-0.39, 0.29) is 17.9 Å². The average molecular weight is 459 g/mol. The van der Waals surface area contributed by atoms with Crippen molar-refractivity contribution in [2.45, 2.75) is 57.4 Å². The molecule has 2 N–H and O–H groups in total. The van der Waals surface area contributed by atoms with Gasteiger partial charge < -0.3 is 15.0 Å². The van der Waals surface area contributed by atoms with Gasteiger partial charge in [-0.1, -0.05) is 50.0 Å². The number of nitrogens with zero attached hydrogens (tertiary/aromatic N) is 1. The van der Waals surface area contributed by atoms with Gasteiger partial charge in [-0.25, -0.2) is 0 Å². The fraction of sp³-hybridized carbons (Fsp3) is 0.400. The first kappa shape index (κ1) is 22.2. The van der Waals surface area contributed by atoms with Gasteiger partial charge in [-0.3, -0.25) is 4.79 Å². The molecule has 0 radical (unpaired) electrons. The summed E-state index contributed by atoms with van der Waals surface area (Å²) in [6, 6.07) is 13.7. The van der Waals surface area contributed by atoms with E-state index in [4.69, 9.17) is 23.2 Å². The fourth-order valence-electron chi connectivity index (χ4n) is 4.26. The first-order valence-corrected chi connectivity index (χ1v) is 11.4. The van der Waals surface area contributed by atoms with Gasteiger partial charge in [0.05, 0.1) is 15.5 Å². The van der Waals surface area contributed by atoms with E-state index < -0.39 is 5.41 Å². The van der Waals surface area contributed by atoms with Crippen molar-refractivity contribution in [2.75, 3.05) is 11.9 Å². The Morgan fingerprint density at radius 1 is 1.10 bits per heavy atom. The van der Waals surface area contributed by atoms with E-state index in [0.717, 1.165) is 41.5 Å². The number of rotatable bonds is 6. The van der Waals surface area contributed by atoms with Gasteiger partial charge in [0, 0.05) is 40.9 Å². The van der Waals surface area contributed by atoms with E-state index in [0.29, 0.717) is 16.5 Å². The zero-order valence-electron chi connectivity index (χ0n) is 18.1. The van der Waals surface area contributed by atoms with E-state index in [1.807, 2.05) is 18.2 Å². The highest BCUT2D eigenvalue weighted by Crippen LogP contribution is 2.50. The molecule has 0 aliphatic heterocycles. The highest BCUT2D eigenvalue weighted by molar-refractivity contribution is 6.42. The molecule has 1 saturated carbocycles. The minimum atomic E-state index is -0.535. The van der Waals surface area contributed by atoms with Gasteiger partial charge in [0.15, 0.2) is 0 Å². The van der Waals surface area contributed by atoms with Crippen LogP contribution in [0.25, 0.3) is 10.9 Å². The Morgan fingerprint density at radius 2 is 1.84 bits per heavy atom. The predicted octanol–water partition coefficient (Wildman–Crippen LogP) is 6.30. The topological polar surface area (TPSA) is 54.3 Å². The molecule has 1 amide bonds. The summed E-state index contributed by atoms with van der Waals surface area (Å²) in [5.41, 5.74) is 3.46. The molecule has 164 valence electrons. The van der Waals surface area contributed by atoms with E-state index in [2.05, 4.69) is 42.8 Å². The SMILES string of the molecule is CC(C)(C)c1cc2cc(NC(=O)C3(c4ccc(Cl)c(Cl)c4)CC3)ccc2n1CCCO. The summed E-state index contributed by atoms with van der Waals surface area (Å²) < 4.78 is 2.27. The van der Waals surface area contributed by atoms with Crippen LogP contribution in [-0.2, 0) is 22.2 Å². The number of fused-ring (bicyclic) bond motifs is 1. The van der Waals surface area contributed by atoms with E-state index in [1.54, 1.807) is 12.1 Å². The second-order valence-electron chi connectivity index (χ2n) is 9.45. The molecule has 2 aromatic carbocycles. The number of halogens is 2. The third kappa shape index (κ3) is 4.21. The highest BCUT2D eigenvalue weighted by Gasteiger charge is 2.51. The zero-order chi connectivity index (χ0) is 22.4. The number of aryl methyl sites for hydroxylation is 1. The lowest BCUT2D eigenvalue weighted by atomic mass is 9.92. The van der Waals surface area contributed by atoms with Gasteiger partial charge in [0.25, 0.3) is 0 Å². The number of carbonyl (C=O) groups is 1. The molecule has 0 bridgehead atoms. The van der Waals surface area contributed by atoms with Gasteiger partial charge in [-0.15, -0.1) is 0 Å². The van der Waals surface area contributed by atoms with Crippen LogP contribution in [0.1, 0.15) is 51.3 Å². The molecule has 0 saturated heterocycles. The fourth-order valence-corrected chi connectivity index (χ4v) is 4.55. The second kappa shape index (κ2) is 8.16. The summed E-state index contributed by atoms with van der Waals surface area (Å²) >= 11 is 12.2. The van der Waals surface area contributed by atoms with Crippen molar-refractivity contribution in [1.82, 2.24) is 4.57 Å². The molecule has 6 heteroatoms. The van der Waals surface area contributed by atoms with Gasteiger partial charge >= 0.3 is 0 Å². The third-order valence-electron chi connectivity index (χ3n) is 6.12. The molecule has 1 fully saturated rings. The van der Waals surface area contributed by atoms with Crippen molar-refractivity contribution in [1.29, 1.82) is 0 Å². The van der Waals surface area contributed by atoms with Gasteiger partial charge in [-0.2, -0.15) is 0 Å². The number of hydrogen-bond acceptors (Lipinski definition) is 2. The van der Waals surface area contributed by atoms with Crippen molar-refractivity contribution in [3.8, 4) is 0 Å². The summed E-state index contributed by atoms with van der Waals surface area (Å²) in [4.78, 5) is 13.2. The maximum Gasteiger partial charge on any atom is 0.235 e. The number of nitrogens with one attached hydrogen (secondary N) is 1.